The number of hydrogen-bond acceptors (Lipinski definition) is 3. The monoisotopic (exact) mass is 288 g/mol. The van der Waals surface area contributed by atoms with Gasteiger partial charge in [-0.05, 0) is 17.7 Å². The van der Waals surface area contributed by atoms with Crippen molar-refractivity contribution in [1.29, 1.82) is 0 Å². The molecule has 8 heteroatoms. The molecule has 0 aromatic heterocycles. The molecular formula is C9H8ClF3O3S. The van der Waals surface area contributed by atoms with Gasteiger partial charge < -0.3 is 0 Å². The van der Waals surface area contributed by atoms with Crippen LogP contribution in [0.25, 0.3) is 0 Å². The van der Waals surface area contributed by atoms with Gasteiger partial charge in [0.2, 0.25) is 0 Å². The van der Waals surface area contributed by atoms with Crippen LogP contribution in [0.4, 0.5) is 13.2 Å². The number of halogens is 4. The van der Waals surface area contributed by atoms with Gasteiger partial charge >= 0.3 is 6.18 Å². The molecule has 0 amide bonds. The second-order valence-corrected chi connectivity index (χ2v) is 5.33. The van der Waals surface area contributed by atoms with Gasteiger partial charge in [0.15, 0.2) is 0 Å². The Morgan fingerprint density at radius 2 is 1.94 bits per heavy atom. The maximum Gasteiger partial charge on any atom is 0.417 e. The highest BCUT2D eigenvalue weighted by molar-refractivity contribution is 7.85. The van der Waals surface area contributed by atoms with Gasteiger partial charge in [-0.25, -0.2) is 0 Å². The summed E-state index contributed by atoms with van der Waals surface area (Å²) in [6.45, 7) is -0.351. The molecule has 1 aromatic carbocycles. The van der Waals surface area contributed by atoms with Crippen LogP contribution in [-0.2, 0) is 27.1 Å². The van der Waals surface area contributed by atoms with E-state index in [1.54, 1.807) is 0 Å². The Bertz CT molecular complexity index is 511. The van der Waals surface area contributed by atoms with Gasteiger partial charge in [0.05, 0.1) is 23.4 Å². The van der Waals surface area contributed by atoms with E-state index in [9.17, 15) is 21.6 Å². The van der Waals surface area contributed by atoms with Crippen LogP contribution >= 0.6 is 11.6 Å². The van der Waals surface area contributed by atoms with Gasteiger partial charge in [-0.2, -0.15) is 21.6 Å². The highest BCUT2D eigenvalue weighted by Crippen LogP contribution is 2.35. The first-order valence-corrected chi connectivity index (χ1v) is 6.49. The molecule has 0 aliphatic rings. The van der Waals surface area contributed by atoms with E-state index in [4.69, 9.17) is 11.6 Å². The average Bonchev–Trinajstić information content (AvgIpc) is 2.11. The van der Waals surface area contributed by atoms with E-state index in [1.165, 1.54) is 0 Å². The molecule has 0 aliphatic carbocycles. The van der Waals surface area contributed by atoms with Crippen molar-refractivity contribution in [3.63, 3.8) is 0 Å². The van der Waals surface area contributed by atoms with E-state index in [2.05, 4.69) is 4.18 Å². The van der Waals surface area contributed by atoms with Crippen LogP contribution in [0.5, 0.6) is 0 Å². The standard InChI is InChI=1S/C9H8ClF3O3S/c1-17(14,15)16-5-6-2-3-7(8(10)4-6)9(11,12)13/h2-4H,5H2,1H3. The number of hydrogen-bond donors (Lipinski definition) is 0. The Balaban J connectivity index is 2.90. The van der Waals surface area contributed by atoms with E-state index >= 15 is 0 Å². The summed E-state index contributed by atoms with van der Waals surface area (Å²) >= 11 is 5.44. The van der Waals surface area contributed by atoms with E-state index < -0.39 is 26.9 Å². The second kappa shape index (κ2) is 4.83. The molecule has 0 unspecified atom stereocenters. The minimum atomic E-state index is -4.53. The lowest BCUT2D eigenvalue weighted by Gasteiger charge is -2.10. The third-order valence-corrected chi connectivity index (χ3v) is 2.64. The lowest BCUT2D eigenvalue weighted by molar-refractivity contribution is -0.137. The fourth-order valence-electron chi connectivity index (χ4n) is 1.05. The fraction of sp³-hybridized carbons (Fsp3) is 0.333. The molecule has 0 heterocycles. The largest absolute Gasteiger partial charge is 0.417 e. The molecule has 96 valence electrons. The van der Waals surface area contributed by atoms with Gasteiger partial charge in [-0.3, -0.25) is 4.18 Å². The molecule has 1 rings (SSSR count). The third kappa shape index (κ3) is 4.53. The summed E-state index contributed by atoms with van der Waals surface area (Å²) in [4.78, 5) is 0. The number of benzene rings is 1. The smallest absolute Gasteiger partial charge is 0.265 e. The Labute approximate surface area is 101 Å². The molecule has 0 saturated carbocycles. The normalized spacial score (nSPS) is 12.8. The zero-order valence-electron chi connectivity index (χ0n) is 8.58. The third-order valence-electron chi connectivity index (χ3n) is 1.78. The van der Waals surface area contributed by atoms with Crippen LogP contribution < -0.4 is 0 Å². The molecule has 0 atom stereocenters. The predicted octanol–water partition coefficient (Wildman–Crippen LogP) is 2.84. The molecule has 1 aromatic rings. The van der Waals surface area contributed by atoms with E-state index in [-0.39, 0.29) is 12.2 Å². The van der Waals surface area contributed by atoms with Gasteiger partial charge in [0.25, 0.3) is 10.1 Å². The molecule has 0 bridgehead atoms. The summed E-state index contributed by atoms with van der Waals surface area (Å²) in [6, 6.07) is 2.92. The minimum Gasteiger partial charge on any atom is -0.265 e. The first-order valence-electron chi connectivity index (χ1n) is 4.29. The first-order chi connectivity index (χ1) is 7.59. The average molecular weight is 289 g/mol. The summed E-state index contributed by atoms with van der Waals surface area (Å²) in [5.74, 6) is 0. The van der Waals surface area contributed by atoms with Crippen LogP contribution in [0.2, 0.25) is 5.02 Å². The first kappa shape index (κ1) is 14.3. The van der Waals surface area contributed by atoms with E-state index in [1.807, 2.05) is 0 Å². The van der Waals surface area contributed by atoms with Crippen LogP contribution in [0, 0.1) is 0 Å². The van der Waals surface area contributed by atoms with Gasteiger partial charge in [-0.15, -0.1) is 0 Å². The quantitative estimate of drug-likeness (QED) is 0.803. The van der Waals surface area contributed by atoms with E-state index in [0.29, 0.717) is 0 Å². The summed E-state index contributed by atoms with van der Waals surface area (Å²) in [6.07, 6.45) is -3.69. The number of rotatable bonds is 3. The van der Waals surface area contributed by atoms with Crippen molar-refractivity contribution in [2.24, 2.45) is 0 Å². The van der Waals surface area contributed by atoms with Crippen molar-refractivity contribution >= 4 is 21.7 Å². The zero-order valence-corrected chi connectivity index (χ0v) is 10.2. The van der Waals surface area contributed by atoms with Crippen molar-refractivity contribution in [3.05, 3.63) is 34.3 Å². The molecule has 0 saturated heterocycles. The SMILES string of the molecule is CS(=O)(=O)OCc1ccc(C(F)(F)F)c(Cl)c1. The Morgan fingerprint density at radius 3 is 2.35 bits per heavy atom. The summed E-state index contributed by atoms with van der Waals surface area (Å²) in [5, 5.41) is -0.493. The molecular weight excluding hydrogens is 281 g/mol. The van der Waals surface area contributed by atoms with Gasteiger partial charge in [0.1, 0.15) is 0 Å². The molecule has 0 N–H and O–H groups in total. The predicted molar refractivity (Wildman–Crippen MR) is 56.1 cm³/mol. The Kier molecular flexibility index (Phi) is 4.06. The Morgan fingerprint density at radius 1 is 1.35 bits per heavy atom. The van der Waals surface area contributed by atoms with Crippen molar-refractivity contribution < 1.29 is 25.8 Å². The molecule has 0 aliphatic heterocycles. The zero-order chi connectivity index (χ0) is 13.3. The topological polar surface area (TPSA) is 43.4 Å². The minimum absolute atomic E-state index is 0.244. The van der Waals surface area contributed by atoms with Crippen molar-refractivity contribution in [2.75, 3.05) is 6.26 Å². The van der Waals surface area contributed by atoms with Crippen molar-refractivity contribution in [3.8, 4) is 0 Å². The lowest BCUT2D eigenvalue weighted by Crippen LogP contribution is -2.07. The molecule has 0 radical (unpaired) electrons. The van der Waals surface area contributed by atoms with Crippen molar-refractivity contribution in [1.82, 2.24) is 0 Å². The van der Waals surface area contributed by atoms with Crippen LogP contribution in [0.1, 0.15) is 11.1 Å². The second-order valence-electron chi connectivity index (χ2n) is 3.28. The number of alkyl halides is 3. The van der Waals surface area contributed by atoms with E-state index in [0.717, 1.165) is 24.5 Å². The highest BCUT2D eigenvalue weighted by Gasteiger charge is 2.32. The molecule has 0 spiro atoms. The fourth-order valence-corrected chi connectivity index (χ4v) is 1.71. The summed E-state index contributed by atoms with van der Waals surface area (Å²) < 4.78 is 62.8. The van der Waals surface area contributed by atoms with Crippen LogP contribution in [0.3, 0.4) is 0 Å². The van der Waals surface area contributed by atoms with Crippen LogP contribution in [-0.4, -0.2) is 14.7 Å². The Hall–Kier alpha value is -0.790. The highest BCUT2D eigenvalue weighted by atomic mass is 35.5. The molecule has 3 nitrogen and oxygen atoms in total. The van der Waals surface area contributed by atoms with Crippen molar-refractivity contribution in [2.45, 2.75) is 12.8 Å². The summed E-state index contributed by atoms with van der Waals surface area (Å²) in [7, 11) is -3.64. The molecule has 17 heavy (non-hydrogen) atoms. The lowest BCUT2D eigenvalue weighted by atomic mass is 10.1. The maximum atomic E-state index is 12.3. The van der Waals surface area contributed by atoms with Gasteiger partial charge in [0, 0.05) is 0 Å². The summed E-state index contributed by atoms with van der Waals surface area (Å²) in [5.41, 5.74) is -0.726. The van der Waals surface area contributed by atoms with Crippen LogP contribution in [0.15, 0.2) is 18.2 Å². The maximum absolute atomic E-state index is 12.3. The van der Waals surface area contributed by atoms with Gasteiger partial charge in [-0.1, -0.05) is 17.7 Å². The molecule has 0 fully saturated rings.